The number of carbonyl (C=O) groups excluding carboxylic acids is 5. The summed E-state index contributed by atoms with van der Waals surface area (Å²) in [4.78, 5) is 66.9. The van der Waals surface area contributed by atoms with Crippen LogP contribution >= 0.6 is 0 Å². The molecule has 5 fully saturated rings. The van der Waals surface area contributed by atoms with Crippen molar-refractivity contribution in [2.75, 3.05) is 0 Å². The van der Waals surface area contributed by atoms with Crippen molar-refractivity contribution in [1.82, 2.24) is 0 Å². The molecule has 59 heavy (non-hydrogen) atoms. The molecule has 4 saturated heterocycles. The third-order valence-electron chi connectivity index (χ3n) is 13.1. The number of rotatable bonds is 5. The lowest BCUT2D eigenvalue weighted by Crippen LogP contribution is -2.69. The van der Waals surface area contributed by atoms with Crippen molar-refractivity contribution < 1.29 is 77.2 Å². The number of hydrogen-bond acceptors (Lipinski definition) is 16. The van der Waals surface area contributed by atoms with E-state index in [9.17, 15) is 39.3 Å². The first-order valence-electron chi connectivity index (χ1n) is 20.3. The fourth-order valence-electron chi connectivity index (χ4n) is 10.0. The number of hydrogen-bond donors (Lipinski definition) is 3. The molecule has 0 bridgehead atoms. The molecule has 15 atom stereocenters. The maximum atomic E-state index is 14.4. The van der Waals surface area contributed by atoms with E-state index in [0.29, 0.717) is 12.8 Å². The van der Waals surface area contributed by atoms with Crippen LogP contribution < -0.4 is 0 Å². The number of phenolic OH excluding ortho intramolecular Hbond substituents is 1. The van der Waals surface area contributed by atoms with Gasteiger partial charge in [-0.15, -0.1) is 0 Å². The summed E-state index contributed by atoms with van der Waals surface area (Å²) in [7, 11) is 0. The van der Waals surface area contributed by atoms with Crippen LogP contribution in [0.4, 0.5) is 0 Å². The fraction of sp³-hybridized carbons (Fsp3) is 0.605. The summed E-state index contributed by atoms with van der Waals surface area (Å²) in [6, 6.07) is 2.79. The number of fused-ring (bicyclic) bond motifs is 5. The monoisotopic (exact) mass is 820 g/mol. The highest BCUT2D eigenvalue weighted by Crippen LogP contribution is 2.53. The lowest BCUT2D eigenvalue weighted by molar-refractivity contribution is -0.347. The van der Waals surface area contributed by atoms with Gasteiger partial charge in [0.25, 0.3) is 0 Å². The minimum atomic E-state index is -2.81. The van der Waals surface area contributed by atoms with E-state index >= 15 is 0 Å². The lowest BCUT2D eigenvalue weighted by atomic mass is 9.57. The van der Waals surface area contributed by atoms with Gasteiger partial charge in [-0.25, -0.2) is 0 Å². The second-order valence-corrected chi connectivity index (χ2v) is 17.3. The molecule has 9 rings (SSSR count). The Balaban J connectivity index is 0.912. The Bertz CT molecular complexity index is 2110. The summed E-state index contributed by atoms with van der Waals surface area (Å²) >= 11 is 0. The van der Waals surface area contributed by atoms with Crippen LogP contribution in [0.2, 0.25) is 0 Å². The molecular weight excluding hydrogens is 772 g/mol. The number of allylic oxidation sites excluding steroid dienone is 2. The summed E-state index contributed by atoms with van der Waals surface area (Å²) in [6.07, 6.45) is -1.64. The number of aromatic hydroxyl groups is 1. The lowest BCUT2D eigenvalue weighted by Gasteiger charge is -2.53. The molecule has 316 valence electrons. The minimum Gasteiger partial charge on any atom is -0.507 e. The standard InChI is InChI=1S/C43H48O16/c1-18-25(44)8-10-32(53-18)57-27-9-11-33(54-20(27)3)59-41(5)16-31(46)43(51)35-24(12-13-42(43,50)17-41)37(48)34-23(38(35)49)7-6-22(36(34)47)28-15-29-39(21(4)52-28)58-40-30(56-29)14-26(45)19(2)55-40/h6-8,10,12-13,18-21,27-30,32-33,39-40,47,50-51H,9,11,14-17H2,1-5H3/t18-,19-,20-,21+,27-,28+,29+,30-,32-,33-,39+,40-,41-,42-,43-/m0/s1. The Morgan fingerprint density at radius 2 is 1.61 bits per heavy atom. The van der Waals surface area contributed by atoms with E-state index < -0.39 is 120 Å². The van der Waals surface area contributed by atoms with E-state index in [0.717, 1.165) is 6.08 Å². The van der Waals surface area contributed by atoms with Gasteiger partial charge in [0, 0.05) is 48.8 Å². The smallest absolute Gasteiger partial charge is 0.198 e. The average molecular weight is 821 g/mol. The quantitative estimate of drug-likeness (QED) is 0.389. The van der Waals surface area contributed by atoms with Crippen molar-refractivity contribution in [2.45, 2.75) is 164 Å². The zero-order valence-electron chi connectivity index (χ0n) is 33.3. The molecule has 1 aromatic carbocycles. The van der Waals surface area contributed by atoms with Crippen LogP contribution in [-0.2, 0) is 52.3 Å². The summed E-state index contributed by atoms with van der Waals surface area (Å²) in [5.41, 5.74) is -7.76. The third-order valence-corrected chi connectivity index (χ3v) is 13.1. The molecule has 3 N–H and O–H groups in total. The van der Waals surface area contributed by atoms with Crippen molar-refractivity contribution in [3.8, 4) is 5.75 Å². The Morgan fingerprint density at radius 1 is 0.831 bits per heavy atom. The molecule has 16 nitrogen and oxygen atoms in total. The zero-order chi connectivity index (χ0) is 41.9. The largest absolute Gasteiger partial charge is 0.507 e. The Labute approximate surface area is 339 Å². The number of phenols is 1. The molecule has 16 heteroatoms. The molecule has 0 unspecified atom stereocenters. The molecule has 8 aliphatic rings. The molecule has 3 aliphatic carbocycles. The summed E-state index contributed by atoms with van der Waals surface area (Å²) < 4.78 is 48.6. The van der Waals surface area contributed by atoms with E-state index in [4.69, 9.17) is 37.9 Å². The van der Waals surface area contributed by atoms with Gasteiger partial charge in [-0.2, -0.15) is 0 Å². The predicted octanol–water partition coefficient (Wildman–Crippen LogP) is 2.72. The number of ether oxygens (including phenoxy) is 8. The van der Waals surface area contributed by atoms with Crippen LogP contribution in [0, 0.1) is 0 Å². The van der Waals surface area contributed by atoms with Gasteiger partial charge in [-0.3, -0.25) is 24.0 Å². The van der Waals surface area contributed by atoms with Crippen LogP contribution in [-0.4, -0.2) is 129 Å². The third kappa shape index (κ3) is 6.54. The highest BCUT2D eigenvalue weighted by molar-refractivity contribution is 6.32. The van der Waals surface area contributed by atoms with E-state index in [1.54, 1.807) is 40.7 Å². The molecular formula is C43H48O16. The molecule has 0 aromatic heterocycles. The predicted molar refractivity (Wildman–Crippen MR) is 199 cm³/mol. The molecule has 0 spiro atoms. The Kier molecular flexibility index (Phi) is 9.90. The molecule has 5 aliphatic heterocycles. The normalized spacial score (nSPS) is 44.4. The van der Waals surface area contributed by atoms with Crippen molar-refractivity contribution in [3.05, 3.63) is 64.3 Å². The first-order chi connectivity index (χ1) is 27.9. The first-order valence-corrected chi connectivity index (χ1v) is 20.3. The summed E-state index contributed by atoms with van der Waals surface area (Å²) in [5, 5.41) is 36.1. The highest BCUT2D eigenvalue weighted by atomic mass is 16.7. The first kappa shape index (κ1) is 40.6. The number of benzene rings is 1. The van der Waals surface area contributed by atoms with Crippen LogP contribution in [0.5, 0.6) is 5.75 Å². The van der Waals surface area contributed by atoms with Crippen LogP contribution in [0.15, 0.2) is 47.6 Å². The molecule has 0 radical (unpaired) electrons. The van der Waals surface area contributed by atoms with Gasteiger partial charge in [-0.05, 0) is 65.3 Å². The Morgan fingerprint density at radius 3 is 2.36 bits per heavy atom. The van der Waals surface area contributed by atoms with Gasteiger partial charge >= 0.3 is 0 Å². The second-order valence-electron chi connectivity index (χ2n) is 17.3. The van der Waals surface area contributed by atoms with Crippen LogP contribution in [0.3, 0.4) is 0 Å². The van der Waals surface area contributed by atoms with Gasteiger partial charge in [-0.1, -0.05) is 12.1 Å². The van der Waals surface area contributed by atoms with Crippen molar-refractivity contribution in [2.24, 2.45) is 0 Å². The van der Waals surface area contributed by atoms with Gasteiger partial charge in [0.15, 0.2) is 53.4 Å². The number of aliphatic hydroxyl groups is 2. The van der Waals surface area contributed by atoms with Gasteiger partial charge in [0.1, 0.15) is 35.8 Å². The maximum Gasteiger partial charge on any atom is 0.198 e. The SMILES string of the molecule is C[C@@H]1O[C@@H](O[C@H]2CC[C@H](O[C@@]3(C)CC(=O)[C@]4(O)C5=C(C=C[C@]4(O)C3)C(=O)c3c(ccc([C@H]4C[C@H]6O[C@H]7CC(=O)[C@H](C)O[C@H]7O[C@@H]6[C@@H](C)O4)c3O)C5=O)O[C@H]2C)C=CC1=O. The summed E-state index contributed by atoms with van der Waals surface area (Å²) in [5.74, 6) is -3.39. The van der Waals surface area contributed by atoms with Gasteiger partial charge in [0.05, 0.1) is 47.3 Å². The van der Waals surface area contributed by atoms with E-state index in [1.165, 1.54) is 24.3 Å². The van der Waals surface area contributed by atoms with Crippen LogP contribution in [0.25, 0.3) is 0 Å². The number of Topliss-reactive ketones (excluding diaryl/α,β-unsaturated/α-hetero) is 4. The van der Waals surface area contributed by atoms with Crippen molar-refractivity contribution >= 4 is 28.9 Å². The topological polar surface area (TPSA) is 220 Å². The molecule has 1 saturated carbocycles. The second kappa shape index (κ2) is 14.4. The Hall–Kier alpha value is -3.81. The van der Waals surface area contributed by atoms with E-state index in [-0.39, 0.29) is 59.2 Å². The van der Waals surface area contributed by atoms with Gasteiger partial charge < -0.3 is 53.2 Å². The van der Waals surface area contributed by atoms with Crippen molar-refractivity contribution in [3.63, 3.8) is 0 Å². The highest BCUT2D eigenvalue weighted by Gasteiger charge is 2.67. The maximum absolute atomic E-state index is 14.4. The molecule has 1 aromatic rings. The fourth-order valence-corrected chi connectivity index (χ4v) is 10.0. The zero-order valence-corrected chi connectivity index (χ0v) is 33.3. The van der Waals surface area contributed by atoms with Crippen LogP contribution in [0.1, 0.15) is 106 Å². The van der Waals surface area contributed by atoms with Crippen molar-refractivity contribution in [1.29, 1.82) is 0 Å². The number of carbonyl (C=O) groups is 5. The molecule has 5 heterocycles. The minimum absolute atomic E-state index is 0.101. The van der Waals surface area contributed by atoms with Gasteiger partial charge in [0.2, 0.25) is 0 Å². The van der Waals surface area contributed by atoms with E-state index in [1.807, 2.05) is 0 Å². The number of ketones is 5. The summed E-state index contributed by atoms with van der Waals surface area (Å²) in [6.45, 7) is 8.50. The average Bonchev–Trinajstić information content (AvgIpc) is 3.16. The van der Waals surface area contributed by atoms with E-state index in [2.05, 4.69) is 0 Å². The molecule has 0 amide bonds.